The van der Waals surface area contributed by atoms with Crippen molar-refractivity contribution >= 4 is 33.8 Å². The van der Waals surface area contributed by atoms with Crippen LogP contribution in [0.3, 0.4) is 0 Å². The van der Waals surface area contributed by atoms with Gasteiger partial charge in [-0.3, -0.25) is 9.79 Å². The van der Waals surface area contributed by atoms with Crippen LogP contribution in [-0.4, -0.2) is 46.3 Å². The maximum atomic E-state index is 12.5. The predicted octanol–water partition coefficient (Wildman–Crippen LogP) is 3.58. The molecule has 0 atom stereocenters. The molecule has 6 heteroatoms. The summed E-state index contributed by atoms with van der Waals surface area (Å²) in [4.78, 5) is 19.0. The number of thioether (sulfide) groups is 2. The Morgan fingerprint density at radius 3 is 2.82 bits per heavy atom. The van der Waals surface area contributed by atoms with Crippen molar-refractivity contribution < 1.29 is 9.21 Å². The first-order valence-corrected chi connectivity index (χ1v) is 9.77. The number of carbonyl (C=O) groups is 1. The van der Waals surface area contributed by atoms with Crippen molar-refractivity contribution in [1.29, 1.82) is 0 Å². The molecule has 1 fully saturated rings. The maximum Gasteiger partial charge on any atom is 0.257 e. The van der Waals surface area contributed by atoms with E-state index in [1.807, 2.05) is 48.3 Å². The van der Waals surface area contributed by atoms with Crippen LogP contribution in [0.4, 0.5) is 0 Å². The van der Waals surface area contributed by atoms with E-state index in [4.69, 9.17) is 4.42 Å². The monoisotopic (exact) mass is 338 g/mol. The molecule has 120 valence electrons. The van der Waals surface area contributed by atoms with Crippen LogP contribution in [0.2, 0.25) is 0 Å². The molecular formula is C16H22N2O2S2. The zero-order chi connectivity index (χ0) is 15.5. The lowest BCUT2D eigenvalue weighted by atomic mass is 9.98. The summed E-state index contributed by atoms with van der Waals surface area (Å²) in [5.74, 6) is 4.64. The number of hydrogen-bond acceptors (Lipinski definition) is 5. The second kappa shape index (κ2) is 7.13. The molecular weight excluding hydrogens is 316 g/mol. The van der Waals surface area contributed by atoms with Gasteiger partial charge in [0.15, 0.2) is 0 Å². The highest BCUT2D eigenvalue weighted by atomic mass is 32.2. The lowest BCUT2D eigenvalue weighted by molar-refractivity contribution is 0.0697. The number of furan rings is 1. The average molecular weight is 338 g/mol. The standard InChI is InChI=1S/C16H22N2O2S2/c1-11-9-14(12(2)20-11)15(19)18-6-3-13(4-7-18)10-22-16-17-5-8-21-16/h9,13H,3-8,10H2,1-2H3. The molecule has 0 bridgehead atoms. The average Bonchev–Trinajstić information content (AvgIpc) is 3.14. The molecule has 2 aliphatic heterocycles. The number of aliphatic imine (C=N–C) groups is 1. The summed E-state index contributed by atoms with van der Waals surface area (Å²) in [6, 6.07) is 1.86. The number of hydrogen-bond donors (Lipinski definition) is 0. The van der Waals surface area contributed by atoms with Gasteiger partial charge < -0.3 is 9.32 Å². The van der Waals surface area contributed by atoms with Gasteiger partial charge in [0.1, 0.15) is 15.9 Å². The number of aryl methyl sites for hydroxylation is 2. The fourth-order valence-corrected chi connectivity index (χ4v) is 5.13. The van der Waals surface area contributed by atoms with Gasteiger partial charge in [-0.05, 0) is 38.7 Å². The van der Waals surface area contributed by atoms with Crippen molar-refractivity contribution in [2.75, 3.05) is 31.1 Å². The van der Waals surface area contributed by atoms with Crippen molar-refractivity contribution in [3.05, 3.63) is 23.2 Å². The van der Waals surface area contributed by atoms with Crippen molar-refractivity contribution in [2.24, 2.45) is 10.9 Å². The van der Waals surface area contributed by atoms with Crippen LogP contribution >= 0.6 is 23.5 Å². The van der Waals surface area contributed by atoms with E-state index >= 15 is 0 Å². The topological polar surface area (TPSA) is 45.8 Å². The van der Waals surface area contributed by atoms with Gasteiger partial charge in [0, 0.05) is 24.6 Å². The normalized spacial score (nSPS) is 19.5. The minimum absolute atomic E-state index is 0.121. The van der Waals surface area contributed by atoms with Gasteiger partial charge in [0.05, 0.1) is 12.1 Å². The lowest BCUT2D eigenvalue weighted by Crippen LogP contribution is -2.39. The Balaban J connectivity index is 1.48. The lowest BCUT2D eigenvalue weighted by Gasteiger charge is -2.31. The van der Waals surface area contributed by atoms with Crippen LogP contribution in [0.5, 0.6) is 0 Å². The first-order valence-electron chi connectivity index (χ1n) is 7.80. The van der Waals surface area contributed by atoms with Crippen LogP contribution in [0.1, 0.15) is 34.7 Å². The Hall–Kier alpha value is -0.880. The Labute approximate surface area is 140 Å². The number of amides is 1. The van der Waals surface area contributed by atoms with Gasteiger partial charge in [-0.25, -0.2) is 0 Å². The maximum absolute atomic E-state index is 12.5. The Bertz CT molecular complexity index is 575. The van der Waals surface area contributed by atoms with E-state index in [1.165, 1.54) is 4.38 Å². The molecule has 22 heavy (non-hydrogen) atoms. The number of nitrogens with zero attached hydrogens (tertiary/aromatic N) is 2. The van der Waals surface area contributed by atoms with E-state index in [2.05, 4.69) is 4.99 Å². The Kier molecular flexibility index (Phi) is 5.18. The molecule has 0 spiro atoms. The van der Waals surface area contributed by atoms with Crippen LogP contribution in [0, 0.1) is 19.8 Å². The van der Waals surface area contributed by atoms with Crippen LogP contribution < -0.4 is 0 Å². The fourth-order valence-electron chi connectivity index (χ4n) is 2.91. The molecule has 2 aliphatic rings. The smallest absolute Gasteiger partial charge is 0.257 e. The van der Waals surface area contributed by atoms with Crippen molar-refractivity contribution in [3.63, 3.8) is 0 Å². The summed E-state index contributed by atoms with van der Waals surface area (Å²) in [6.07, 6.45) is 2.18. The summed E-state index contributed by atoms with van der Waals surface area (Å²) < 4.78 is 6.73. The van der Waals surface area contributed by atoms with Gasteiger partial charge in [0.25, 0.3) is 5.91 Å². The van der Waals surface area contributed by atoms with Crippen LogP contribution in [0.15, 0.2) is 15.5 Å². The molecule has 3 rings (SSSR count). The third kappa shape index (κ3) is 3.71. The minimum atomic E-state index is 0.121. The molecule has 0 saturated carbocycles. The molecule has 3 heterocycles. The van der Waals surface area contributed by atoms with Crippen molar-refractivity contribution in [1.82, 2.24) is 4.90 Å². The minimum Gasteiger partial charge on any atom is -0.466 e. The highest BCUT2D eigenvalue weighted by Crippen LogP contribution is 2.28. The largest absolute Gasteiger partial charge is 0.466 e. The second-order valence-corrected chi connectivity index (χ2v) is 8.22. The van der Waals surface area contributed by atoms with E-state index in [0.717, 1.165) is 61.1 Å². The highest BCUT2D eigenvalue weighted by molar-refractivity contribution is 8.39. The van der Waals surface area contributed by atoms with Gasteiger partial charge >= 0.3 is 0 Å². The van der Waals surface area contributed by atoms with Crippen molar-refractivity contribution in [3.8, 4) is 0 Å². The van der Waals surface area contributed by atoms with Gasteiger partial charge in [-0.2, -0.15) is 0 Å². The molecule has 0 aliphatic carbocycles. The Morgan fingerprint density at radius 2 is 2.23 bits per heavy atom. The van der Waals surface area contributed by atoms with Gasteiger partial charge in [-0.15, -0.1) is 0 Å². The third-order valence-corrected chi connectivity index (χ3v) is 6.66. The number of carbonyl (C=O) groups excluding carboxylic acids is 1. The summed E-state index contributed by atoms with van der Waals surface area (Å²) in [6.45, 7) is 6.44. The summed E-state index contributed by atoms with van der Waals surface area (Å²) in [5, 5.41) is 0. The van der Waals surface area contributed by atoms with Crippen LogP contribution in [-0.2, 0) is 0 Å². The Morgan fingerprint density at radius 1 is 1.45 bits per heavy atom. The summed E-state index contributed by atoms with van der Waals surface area (Å²) in [7, 11) is 0. The predicted molar refractivity (Wildman–Crippen MR) is 94.0 cm³/mol. The zero-order valence-electron chi connectivity index (χ0n) is 13.1. The molecule has 1 aromatic heterocycles. The third-order valence-electron chi connectivity index (χ3n) is 4.17. The molecule has 1 aromatic rings. The second-order valence-electron chi connectivity index (χ2n) is 5.87. The molecule has 1 saturated heterocycles. The zero-order valence-corrected chi connectivity index (χ0v) is 14.8. The number of likely N-dealkylation sites (tertiary alicyclic amines) is 1. The van der Waals surface area contributed by atoms with E-state index in [1.54, 1.807) is 0 Å². The molecule has 0 N–H and O–H groups in total. The summed E-state index contributed by atoms with van der Waals surface area (Å²) in [5.41, 5.74) is 0.724. The van der Waals surface area contributed by atoms with Gasteiger partial charge in [-0.1, -0.05) is 23.5 Å². The first kappa shape index (κ1) is 16.0. The molecule has 0 unspecified atom stereocenters. The SMILES string of the molecule is Cc1cc(C(=O)N2CCC(CSC3=NCCS3)CC2)c(C)o1. The van der Waals surface area contributed by atoms with Crippen molar-refractivity contribution in [2.45, 2.75) is 26.7 Å². The van der Waals surface area contributed by atoms with E-state index in [0.29, 0.717) is 5.92 Å². The highest BCUT2D eigenvalue weighted by Gasteiger charge is 2.26. The van der Waals surface area contributed by atoms with Gasteiger partial charge in [0.2, 0.25) is 0 Å². The quantitative estimate of drug-likeness (QED) is 0.845. The van der Waals surface area contributed by atoms with E-state index < -0.39 is 0 Å². The molecule has 0 aromatic carbocycles. The summed E-state index contributed by atoms with van der Waals surface area (Å²) >= 11 is 3.77. The number of piperidine rings is 1. The molecule has 1 amide bonds. The van der Waals surface area contributed by atoms with E-state index in [-0.39, 0.29) is 5.91 Å². The van der Waals surface area contributed by atoms with Crippen LogP contribution in [0.25, 0.3) is 0 Å². The first-order chi connectivity index (χ1) is 10.6. The number of rotatable bonds is 3. The fraction of sp³-hybridized carbons (Fsp3) is 0.625. The molecule has 4 nitrogen and oxygen atoms in total. The molecule has 0 radical (unpaired) electrons. The van der Waals surface area contributed by atoms with E-state index in [9.17, 15) is 4.79 Å².